The Hall–Kier alpha value is -2.16. The van der Waals surface area contributed by atoms with Crippen LogP contribution in [0.25, 0.3) is 0 Å². The highest BCUT2D eigenvalue weighted by molar-refractivity contribution is 7.13. The SMILES string of the molecule is CC(CC(=O)O)O/N=C(\C([NH])=O)c1csc(N)n1. The van der Waals surface area contributed by atoms with Crippen LogP contribution in [0.5, 0.6) is 0 Å². The van der Waals surface area contributed by atoms with Gasteiger partial charge in [0, 0.05) is 5.38 Å². The first kappa shape index (κ1) is 13.9. The third-order valence-corrected chi connectivity index (χ3v) is 2.44. The van der Waals surface area contributed by atoms with Crippen LogP contribution in [0, 0.1) is 0 Å². The molecule has 0 aliphatic rings. The average Bonchev–Trinajstić information content (AvgIpc) is 2.63. The van der Waals surface area contributed by atoms with Crippen molar-refractivity contribution >= 4 is 34.1 Å². The number of aromatic nitrogens is 1. The van der Waals surface area contributed by atoms with Crippen LogP contribution in [0.4, 0.5) is 5.13 Å². The third-order valence-electron chi connectivity index (χ3n) is 1.77. The van der Waals surface area contributed by atoms with E-state index in [0.29, 0.717) is 0 Å². The lowest BCUT2D eigenvalue weighted by Gasteiger charge is -2.06. The quantitative estimate of drug-likeness (QED) is 0.556. The van der Waals surface area contributed by atoms with Crippen molar-refractivity contribution in [1.29, 1.82) is 0 Å². The average molecular weight is 271 g/mol. The maximum atomic E-state index is 11.1. The smallest absolute Gasteiger partial charge is 0.307 e. The minimum Gasteiger partial charge on any atom is -0.481 e. The van der Waals surface area contributed by atoms with Crippen molar-refractivity contribution in [3.8, 4) is 0 Å². The summed E-state index contributed by atoms with van der Waals surface area (Å²) in [6.07, 6.45) is -0.977. The molecular formula is C9H11N4O4S. The number of carboxylic acid groups (broad SMARTS) is 1. The van der Waals surface area contributed by atoms with E-state index in [2.05, 4.69) is 10.1 Å². The van der Waals surface area contributed by atoms with E-state index in [1.807, 2.05) is 0 Å². The van der Waals surface area contributed by atoms with Crippen LogP contribution in [0.3, 0.4) is 0 Å². The van der Waals surface area contributed by atoms with Gasteiger partial charge in [-0.2, -0.15) is 0 Å². The largest absolute Gasteiger partial charge is 0.481 e. The van der Waals surface area contributed by atoms with Crippen molar-refractivity contribution < 1.29 is 19.5 Å². The number of amides is 1. The van der Waals surface area contributed by atoms with Crippen molar-refractivity contribution in [1.82, 2.24) is 10.7 Å². The van der Waals surface area contributed by atoms with Gasteiger partial charge in [0.15, 0.2) is 10.8 Å². The molecule has 0 aromatic carbocycles. The third kappa shape index (κ3) is 4.01. The lowest BCUT2D eigenvalue weighted by molar-refractivity contribution is -0.139. The van der Waals surface area contributed by atoms with Crippen molar-refractivity contribution in [2.45, 2.75) is 19.4 Å². The van der Waals surface area contributed by atoms with E-state index in [9.17, 15) is 9.59 Å². The van der Waals surface area contributed by atoms with E-state index in [1.165, 1.54) is 12.3 Å². The van der Waals surface area contributed by atoms with Gasteiger partial charge in [0.1, 0.15) is 11.8 Å². The van der Waals surface area contributed by atoms with Crippen LogP contribution in [-0.4, -0.2) is 33.8 Å². The molecule has 0 fully saturated rings. The number of oxime groups is 1. The van der Waals surface area contributed by atoms with Crippen LogP contribution >= 0.6 is 11.3 Å². The standard InChI is InChI=1S/C9H11N4O4S/c1-4(2-6(14)15)17-13-7(8(10)16)5-3-18-9(11)12-5/h3-4,10H,2H2,1H3,(H2,11,12)(H,14,15)/b13-7-. The Bertz CT molecular complexity index is 485. The Kier molecular flexibility index (Phi) is 4.60. The van der Waals surface area contributed by atoms with Gasteiger partial charge in [0.2, 0.25) is 0 Å². The molecule has 1 atom stereocenters. The van der Waals surface area contributed by atoms with Crippen LogP contribution in [0.15, 0.2) is 10.5 Å². The molecule has 8 nitrogen and oxygen atoms in total. The second kappa shape index (κ2) is 5.96. The molecule has 0 aliphatic heterocycles. The molecule has 1 rings (SSSR count). The number of aliphatic carboxylic acids is 1. The van der Waals surface area contributed by atoms with Gasteiger partial charge in [-0.05, 0) is 6.92 Å². The summed E-state index contributed by atoms with van der Waals surface area (Å²) in [6.45, 7) is 1.49. The Morgan fingerprint density at radius 2 is 2.39 bits per heavy atom. The molecule has 97 valence electrons. The van der Waals surface area contributed by atoms with E-state index >= 15 is 0 Å². The zero-order valence-electron chi connectivity index (χ0n) is 9.41. The number of carbonyl (C=O) groups excluding carboxylic acids is 1. The highest BCUT2D eigenvalue weighted by Crippen LogP contribution is 2.12. The fourth-order valence-electron chi connectivity index (χ4n) is 1.03. The van der Waals surface area contributed by atoms with E-state index in [-0.39, 0.29) is 23.0 Å². The van der Waals surface area contributed by atoms with Crippen LogP contribution in [0.2, 0.25) is 0 Å². The van der Waals surface area contributed by atoms with Gasteiger partial charge in [0.05, 0.1) is 6.42 Å². The van der Waals surface area contributed by atoms with E-state index in [0.717, 1.165) is 11.3 Å². The molecule has 18 heavy (non-hydrogen) atoms. The molecule has 0 saturated carbocycles. The summed E-state index contributed by atoms with van der Waals surface area (Å²) in [5.41, 5.74) is 12.3. The number of carbonyl (C=O) groups is 2. The Morgan fingerprint density at radius 3 is 2.83 bits per heavy atom. The minimum absolute atomic E-state index is 0.139. The van der Waals surface area contributed by atoms with Gasteiger partial charge in [-0.15, -0.1) is 11.3 Å². The second-order valence-electron chi connectivity index (χ2n) is 3.35. The van der Waals surface area contributed by atoms with E-state index < -0.39 is 18.0 Å². The summed E-state index contributed by atoms with van der Waals surface area (Å²) in [6, 6.07) is 0. The van der Waals surface area contributed by atoms with Crippen LogP contribution in [-0.2, 0) is 14.4 Å². The van der Waals surface area contributed by atoms with Crippen molar-refractivity contribution in [3.63, 3.8) is 0 Å². The molecule has 1 aromatic rings. The molecule has 1 aromatic heterocycles. The second-order valence-corrected chi connectivity index (χ2v) is 4.24. The minimum atomic E-state index is -1.08. The molecule has 4 N–H and O–H groups in total. The summed E-state index contributed by atoms with van der Waals surface area (Å²) in [7, 11) is 0. The number of nitrogens with two attached hydrogens (primary N) is 1. The molecule has 0 aliphatic carbocycles. The maximum absolute atomic E-state index is 11.1. The molecule has 1 amide bonds. The first-order valence-electron chi connectivity index (χ1n) is 4.83. The number of rotatable bonds is 6. The van der Waals surface area contributed by atoms with Crippen molar-refractivity contribution in [3.05, 3.63) is 11.1 Å². The molecule has 0 spiro atoms. The number of carboxylic acids is 1. The molecule has 0 saturated heterocycles. The monoisotopic (exact) mass is 271 g/mol. The fourth-order valence-corrected chi connectivity index (χ4v) is 1.57. The highest BCUT2D eigenvalue weighted by Gasteiger charge is 2.17. The Morgan fingerprint density at radius 1 is 1.72 bits per heavy atom. The zero-order valence-corrected chi connectivity index (χ0v) is 10.2. The normalized spacial score (nSPS) is 13.1. The summed E-state index contributed by atoms with van der Waals surface area (Å²) in [5.74, 6) is -2.13. The first-order chi connectivity index (χ1) is 8.40. The van der Waals surface area contributed by atoms with Gasteiger partial charge < -0.3 is 15.7 Å². The summed E-state index contributed by atoms with van der Waals surface area (Å²) in [5, 5.41) is 13.7. The Balaban J connectivity index is 2.80. The molecule has 1 heterocycles. The number of anilines is 1. The fraction of sp³-hybridized carbons (Fsp3) is 0.333. The number of nitrogen functional groups attached to an aromatic ring is 1. The summed E-state index contributed by atoms with van der Waals surface area (Å²) < 4.78 is 0. The zero-order chi connectivity index (χ0) is 13.7. The first-order valence-corrected chi connectivity index (χ1v) is 5.71. The van der Waals surface area contributed by atoms with Gasteiger partial charge in [-0.25, -0.2) is 4.98 Å². The van der Waals surface area contributed by atoms with Crippen molar-refractivity contribution in [2.75, 3.05) is 5.73 Å². The topological polar surface area (TPSA) is 139 Å². The highest BCUT2D eigenvalue weighted by atomic mass is 32.1. The van der Waals surface area contributed by atoms with Gasteiger partial charge in [-0.1, -0.05) is 5.16 Å². The summed E-state index contributed by atoms with van der Waals surface area (Å²) in [4.78, 5) is 30.1. The summed E-state index contributed by atoms with van der Waals surface area (Å²) >= 11 is 1.10. The number of nitrogens with one attached hydrogen (secondary N) is 1. The molecular weight excluding hydrogens is 260 g/mol. The molecule has 1 radical (unpaired) electrons. The number of thiazole rings is 1. The maximum Gasteiger partial charge on any atom is 0.307 e. The van der Waals surface area contributed by atoms with Gasteiger partial charge >= 0.3 is 5.97 Å². The lowest BCUT2D eigenvalue weighted by Crippen LogP contribution is -2.19. The predicted octanol–water partition coefficient (Wildman–Crippen LogP) is 0.119. The molecule has 1 unspecified atom stereocenters. The molecule has 9 heteroatoms. The van der Waals surface area contributed by atoms with Crippen molar-refractivity contribution in [2.24, 2.45) is 5.16 Å². The van der Waals surface area contributed by atoms with Crippen LogP contribution < -0.4 is 11.5 Å². The number of nitrogens with zero attached hydrogens (tertiary/aromatic N) is 2. The Labute approximate surface area is 106 Å². The number of hydrogen-bond acceptors (Lipinski definition) is 7. The van der Waals surface area contributed by atoms with Gasteiger partial charge in [0.25, 0.3) is 5.91 Å². The van der Waals surface area contributed by atoms with Crippen LogP contribution in [0.1, 0.15) is 19.0 Å². The lowest BCUT2D eigenvalue weighted by atomic mass is 10.3. The van der Waals surface area contributed by atoms with E-state index in [4.69, 9.17) is 21.4 Å². The number of hydrogen-bond donors (Lipinski definition) is 2. The van der Waals surface area contributed by atoms with E-state index in [1.54, 1.807) is 0 Å². The van der Waals surface area contributed by atoms with Gasteiger partial charge in [-0.3, -0.25) is 15.3 Å². The molecule has 0 bridgehead atoms. The predicted molar refractivity (Wildman–Crippen MR) is 64.0 cm³/mol.